The maximum atomic E-state index is 11.9. The number of carbonyl (C=O) groups excluding carboxylic acids is 2. The third kappa shape index (κ3) is 18.4. The number of carboxylic acids is 2. The van der Waals surface area contributed by atoms with Crippen LogP contribution in [0.4, 0.5) is 0 Å². The van der Waals surface area contributed by atoms with Crippen molar-refractivity contribution >= 4 is 17.9 Å². The van der Waals surface area contributed by atoms with Crippen LogP contribution in [0.2, 0.25) is 0 Å². The van der Waals surface area contributed by atoms with Gasteiger partial charge in [0.2, 0.25) is 0 Å². The van der Waals surface area contributed by atoms with E-state index < -0.39 is 24.0 Å². The molecule has 0 aliphatic rings. The van der Waals surface area contributed by atoms with Crippen molar-refractivity contribution in [2.24, 2.45) is 0 Å². The summed E-state index contributed by atoms with van der Waals surface area (Å²) in [5.41, 5.74) is 0. The van der Waals surface area contributed by atoms with Crippen LogP contribution in [0.15, 0.2) is 36.5 Å². The first kappa shape index (κ1) is 25.6. The Hall–Kier alpha value is -2.41. The van der Waals surface area contributed by atoms with Gasteiger partial charge in [-0.05, 0) is 25.7 Å². The quantitative estimate of drug-likeness (QED) is 0.258. The van der Waals surface area contributed by atoms with Crippen molar-refractivity contribution in [2.45, 2.75) is 51.0 Å². The van der Waals surface area contributed by atoms with E-state index in [9.17, 15) is 19.5 Å². The van der Waals surface area contributed by atoms with E-state index in [2.05, 4.69) is 0 Å². The van der Waals surface area contributed by atoms with Gasteiger partial charge in [-0.3, -0.25) is 9.59 Å². The lowest BCUT2D eigenvalue weighted by Gasteiger charge is -2.29. The monoisotopic (exact) mass is 395 g/mol. The molecule has 0 aromatic carbocycles. The van der Waals surface area contributed by atoms with Gasteiger partial charge in [-0.1, -0.05) is 36.5 Å². The molecule has 0 radical (unpaired) electrons. The number of aliphatic carboxylic acids is 2. The molecule has 0 amide bonds. The number of allylic oxidation sites excluding steroid dienone is 6. The second-order valence-corrected chi connectivity index (χ2v) is 7.52. The van der Waals surface area contributed by atoms with Crippen molar-refractivity contribution < 1.29 is 33.8 Å². The van der Waals surface area contributed by atoms with E-state index in [0.717, 1.165) is 12.8 Å². The maximum Gasteiger partial charge on any atom is 0.306 e. The first-order valence-electron chi connectivity index (χ1n) is 9.46. The highest BCUT2D eigenvalue weighted by Gasteiger charge is 2.22. The third-order valence-corrected chi connectivity index (χ3v) is 3.53. The lowest BCUT2D eigenvalue weighted by Crippen LogP contribution is -2.45. The van der Waals surface area contributed by atoms with Gasteiger partial charge in [0.15, 0.2) is 6.10 Å². The fourth-order valence-corrected chi connectivity index (χ4v) is 2.37. The summed E-state index contributed by atoms with van der Waals surface area (Å²) in [6.45, 7) is 0.408. The number of quaternary nitrogens is 1. The van der Waals surface area contributed by atoms with E-state index in [1.54, 1.807) is 0 Å². The number of hydrogen-bond acceptors (Lipinski definition) is 5. The zero-order valence-corrected chi connectivity index (χ0v) is 17.1. The van der Waals surface area contributed by atoms with Crippen LogP contribution < -0.4 is 5.11 Å². The van der Waals surface area contributed by atoms with Crippen LogP contribution in [0.25, 0.3) is 0 Å². The number of nitrogens with zero attached hydrogens (tertiary/aromatic N) is 1. The number of carboxylic acid groups (broad SMARTS) is 2. The second-order valence-electron chi connectivity index (χ2n) is 7.52. The molecule has 0 aliphatic carbocycles. The lowest BCUT2D eigenvalue weighted by atomic mass is 10.2. The van der Waals surface area contributed by atoms with Gasteiger partial charge in [-0.25, -0.2) is 0 Å². The Balaban J connectivity index is 4.00. The zero-order valence-electron chi connectivity index (χ0n) is 17.1. The maximum absolute atomic E-state index is 11.9. The number of esters is 1. The highest BCUT2D eigenvalue weighted by Crippen LogP contribution is 2.07. The van der Waals surface area contributed by atoms with Crippen LogP contribution in [0, 0.1) is 0 Å². The highest BCUT2D eigenvalue weighted by atomic mass is 16.5. The van der Waals surface area contributed by atoms with Gasteiger partial charge in [0.1, 0.15) is 6.54 Å². The molecule has 0 bridgehead atoms. The van der Waals surface area contributed by atoms with E-state index in [1.165, 1.54) is 0 Å². The molecule has 1 unspecified atom stereocenters. The van der Waals surface area contributed by atoms with Gasteiger partial charge in [0.05, 0.1) is 21.1 Å². The summed E-state index contributed by atoms with van der Waals surface area (Å²) in [4.78, 5) is 33.0. The molecule has 0 aromatic heterocycles. The van der Waals surface area contributed by atoms with Gasteiger partial charge in [-0.15, -0.1) is 0 Å². The van der Waals surface area contributed by atoms with Gasteiger partial charge < -0.3 is 24.2 Å². The Morgan fingerprint density at radius 3 is 1.89 bits per heavy atom. The average molecular weight is 395 g/mol. The summed E-state index contributed by atoms with van der Waals surface area (Å²) in [6.07, 6.45) is 13.5. The molecule has 7 nitrogen and oxygen atoms in total. The van der Waals surface area contributed by atoms with E-state index in [4.69, 9.17) is 9.84 Å². The molecule has 1 atom stereocenters. The summed E-state index contributed by atoms with van der Waals surface area (Å²) in [6, 6.07) is 0. The lowest BCUT2D eigenvalue weighted by molar-refractivity contribution is -0.873. The van der Waals surface area contributed by atoms with Crippen LogP contribution in [0.1, 0.15) is 44.9 Å². The SMILES string of the molecule is C[N+](C)(C)CC(CC(=O)[O-])OC(=O)CC/C=C/C/C=C/C/C=C/CCC(=O)O. The minimum absolute atomic E-state index is 0.147. The van der Waals surface area contributed by atoms with Gasteiger partial charge in [0.25, 0.3) is 0 Å². The number of hydrogen-bond donors (Lipinski definition) is 1. The fourth-order valence-electron chi connectivity index (χ4n) is 2.37. The molecule has 0 spiro atoms. The molecule has 0 aliphatic heterocycles. The predicted molar refractivity (Wildman–Crippen MR) is 105 cm³/mol. The van der Waals surface area contributed by atoms with Crippen LogP contribution >= 0.6 is 0 Å². The van der Waals surface area contributed by atoms with Gasteiger partial charge >= 0.3 is 11.9 Å². The Morgan fingerprint density at radius 1 is 0.929 bits per heavy atom. The second kappa shape index (κ2) is 14.6. The van der Waals surface area contributed by atoms with Crippen molar-refractivity contribution in [3.63, 3.8) is 0 Å². The third-order valence-electron chi connectivity index (χ3n) is 3.53. The minimum atomic E-state index is -1.23. The molecule has 158 valence electrons. The van der Waals surface area contributed by atoms with Crippen molar-refractivity contribution in [1.29, 1.82) is 0 Å². The van der Waals surface area contributed by atoms with Crippen LogP contribution in [0.5, 0.6) is 0 Å². The van der Waals surface area contributed by atoms with E-state index in [-0.39, 0.29) is 19.3 Å². The van der Waals surface area contributed by atoms with Crippen molar-refractivity contribution in [1.82, 2.24) is 0 Å². The Bertz CT molecular complexity index is 572. The van der Waals surface area contributed by atoms with Crippen molar-refractivity contribution in [3.8, 4) is 0 Å². The molecule has 0 rings (SSSR count). The number of carbonyl (C=O) groups is 3. The first-order chi connectivity index (χ1) is 13.1. The summed E-state index contributed by atoms with van der Waals surface area (Å²) in [7, 11) is 5.70. The van der Waals surface area contributed by atoms with Crippen LogP contribution in [-0.4, -0.2) is 61.3 Å². The normalized spacial score (nSPS) is 13.4. The molecule has 0 fully saturated rings. The van der Waals surface area contributed by atoms with Gasteiger partial charge in [-0.2, -0.15) is 0 Å². The number of rotatable bonds is 15. The number of likely N-dealkylation sites (N-methyl/N-ethyl adjacent to an activating group) is 1. The molecule has 0 saturated carbocycles. The molecule has 0 saturated heterocycles. The summed E-state index contributed by atoms with van der Waals surface area (Å²) in [5.74, 6) is -2.43. The molecular weight excluding hydrogens is 362 g/mol. The molecule has 0 aromatic rings. The Morgan fingerprint density at radius 2 is 1.43 bits per heavy atom. The topological polar surface area (TPSA) is 104 Å². The molecule has 0 heterocycles. The Labute approximate surface area is 167 Å². The van der Waals surface area contributed by atoms with Crippen molar-refractivity contribution in [2.75, 3.05) is 27.7 Å². The standard InChI is InChI=1S/C21H33NO6/c1-22(2,3)17-18(16-20(25)26)28-21(27)15-13-11-9-7-5-4-6-8-10-12-14-19(23)24/h4-5,8-11,18H,6-7,12-17H2,1-3H3,(H-,23,24,25,26)/b5-4+,10-8+,11-9+. The predicted octanol–water partition coefficient (Wildman–Crippen LogP) is 1.84. The fraction of sp³-hybridized carbons (Fsp3) is 0.571. The van der Waals surface area contributed by atoms with Crippen LogP contribution in [0.3, 0.4) is 0 Å². The summed E-state index contributed by atoms with van der Waals surface area (Å²) < 4.78 is 5.77. The largest absolute Gasteiger partial charge is 0.550 e. The number of ether oxygens (including phenoxy) is 1. The summed E-state index contributed by atoms with van der Waals surface area (Å²) >= 11 is 0. The summed E-state index contributed by atoms with van der Waals surface area (Å²) in [5, 5.41) is 19.3. The van der Waals surface area contributed by atoms with E-state index >= 15 is 0 Å². The molecular formula is C21H33NO6. The van der Waals surface area contributed by atoms with Crippen LogP contribution in [-0.2, 0) is 19.1 Å². The minimum Gasteiger partial charge on any atom is -0.550 e. The first-order valence-corrected chi connectivity index (χ1v) is 9.46. The van der Waals surface area contributed by atoms with Gasteiger partial charge in [0, 0.05) is 25.2 Å². The van der Waals surface area contributed by atoms with E-state index in [1.807, 2.05) is 57.6 Å². The Kier molecular flexibility index (Phi) is 13.4. The van der Waals surface area contributed by atoms with E-state index in [0.29, 0.717) is 23.9 Å². The van der Waals surface area contributed by atoms with Crippen molar-refractivity contribution in [3.05, 3.63) is 36.5 Å². The molecule has 1 N–H and O–H groups in total. The average Bonchev–Trinajstić information content (AvgIpc) is 2.53. The highest BCUT2D eigenvalue weighted by molar-refractivity contribution is 5.71. The molecule has 7 heteroatoms. The molecule has 28 heavy (non-hydrogen) atoms. The zero-order chi connectivity index (χ0) is 21.4. The smallest absolute Gasteiger partial charge is 0.306 e.